The first-order chi connectivity index (χ1) is 16.8. The van der Waals surface area contributed by atoms with Crippen LogP contribution in [0.2, 0.25) is 0 Å². The number of halogens is 2. The van der Waals surface area contributed by atoms with Crippen molar-refractivity contribution in [3.63, 3.8) is 0 Å². The Bertz CT molecular complexity index is 1230. The van der Waals surface area contributed by atoms with E-state index in [9.17, 15) is 18.4 Å². The summed E-state index contributed by atoms with van der Waals surface area (Å²) in [6.45, 7) is 5.97. The molecular weight excluding hydrogens is 452 g/mol. The largest absolute Gasteiger partial charge is 0.355 e. The summed E-state index contributed by atoms with van der Waals surface area (Å²) in [5.41, 5.74) is 3.26. The number of amides is 3. The lowest BCUT2D eigenvalue weighted by molar-refractivity contribution is 0.0762. The topological polar surface area (TPSA) is 77.6 Å². The maximum absolute atomic E-state index is 14.0. The molecule has 0 radical (unpaired) electrons. The van der Waals surface area contributed by atoms with Crippen LogP contribution in [0.15, 0.2) is 54.7 Å². The number of carbonyl (C=O) groups excluding carboxylic acids is 2. The van der Waals surface area contributed by atoms with Crippen LogP contribution < -0.4 is 15.5 Å². The third-order valence-electron chi connectivity index (χ3n) is 6.13. The van der Waals surface area contributed by atoms with Gasteiger partial charge in [-0.05, 0) is 61.7 Å². The van der Waals surface area contributed by atoms with E-state index in [1.807, 2.05) is 43.0 Å². The molecule has 3 amide bonds. The van der Waals surface area contributed by atoms with E-state index in [0.717, 1.165) is 28.9 Å². The van der Waals surface area contributed by atoms with Crippen molar-refractivity contribution < 1.29 is 18.4 Å². The molecule has 9 heteroatoms. The van der Waals surface area contributed by atoms with Crippen LogP contribution in [-0.2, 0) is 0 Å². The monoisotopic (exact) mass is 479 g/mol. The minimum absolute atomic E-state index is 0.132. The van der Waals surface area contributed by atoms with E-state index < -0.39 is 17.5 Å². The highest BCUT2D eigenvalue weighted by Gasteiger charge is 2.23. The van der Waals surface area contributed by atoms with Gasteiger partial charge in [0.05, 0.1) is 17.4 Å². The second kappa shape index (κ2) is 10.5. The SMILES string of the molecule is Cc1cccc(NC(=O)Nc2ccc(N3CCCN(C(=O)c4ccc(F)cc4F)CC3)nc2)c1C. The van der Waals surface area contributed by atoms with E-state index in [1.54, 1.807) is 17.2 Å². The summed E-state index contributed by atoms with van der Waals surface area (Å²) in [5.74, 6) is -1.31. The van der Waals surface area contributed by atoms with Gasteiger partial charge in [0.25, 0.3) is 5.91 Å². The van der Waals surface area contributed by atoms with Crippen LogP contribution in [0.1, 0.15) is 27.9 Å². The lowest BCUT2D eigenvalue weighted by Crippen LogP contribution is -2.35. The van der Waals surface area contributed by atoms with Crippen molar-refractivity contribution >= 4 is 29.1 Å². The summed E-state index contributed by atoms with van der Waals surface area (Å²) < 4.78 is 27.2. The van der Waals surface area contributed by atoms with Crippen LogP contribution >= 0.6 is 0 Å². The quantitative estimate of drug-likeness (QED) is 0.554. The molecule has 1 aliphatic heterocycles. The third-order valence-corrected chi connectivity index (χ3v) is 6.13. The van der Waals surface area contributed by atoms with Gasteiger partial charge >= 0.3 is 6.03 Å². The molecule has 1 aromatic heterocycles. The number of rotatable bonds is 4. The number of pyridine rings is 1. The van der Waals surface area contributed by atoms with Gasteiger partial charge in [-0.3, -0.25) is 4.79 Å². The Balaban J connectivity index is 1.35. The highest BCUT2D eigenvalue weighted by atomic mass is 19.1. The zero-order valence-corrected chi connectivity index (χ0v) is 19.6. The molecule has 0 bridgehead atoms. The number of aromatic nitrogens is 1. The van der Waals surface area contributed by atoms with Crippen molar-refractivity contribution in [1.82, 2.24) is 9.88 Å². The number of benzene rings is 2. The smallest absolute Gasteiger partial charge is 0.323 e. The Labute approximate surface area is 202 Å². The maximum atomic E-state index is 14.0. The summed E-state index contributed by atoms with van der Waals surface area (Å²) in [7, 11) is 0. The standard InChI is InChI=1S/C26H27F2N5O2/c1-17-5-3-6-23(18(17)2)31-26(35)30-20-8-10-24(29-16-20)32-11-4-12-33(14-13-32)25(34)21-9-7-19(27)15-22(21)28/h3,5-10,15-16H,4,11-14H2,1-2H3,(H2,30,31,35). The average Bonchev–Trinajstić information content (AvgIpc) is 3.09. The number of nitrogens with zero attached hydrogens (tertiary/aromatic N) is 3. The number of anilines is 3. The fourth-order valence-electron chi connectivity index (χ4n) is 4.00. The predicted molar refractivity (Wildman–Crippen MR) is 132 cm³/mol. The van der Waals surface area contributed by atoms with E-state index in [-0.39, 0.29) is 11.6 Å². The summed E-state index contributed by atoms with van der Waals surface area (Å²) in [5, 5.41) is 5.63. The van der Waals surface area contributed by atoms with Gasteiger partial charge in [-0.1, -0.05) is 12.1 Å². The molecule has 2 aromatic carbocycles. The lowest BCUT2D eigenvalue weighted by Gasteiger charge is -2.23. The summed E-state index contributed by atoms with van der Waals surface area (Å²) in [6, 6.07) is 11.9. The van der Waals surface area contributed by atoms with E-state index >= 15 is 0 Å². The molecular formula is C26H27F2N5O2. The fraction of sp³-hybridized carbons (Fsp3) is 0.269. The molecule has 0 aliphatic carbocycles. The summed E-state index contributed by atoms with van der Waals surface area (Å²) in [4.78, 5) is 33.2. The number of urea groups is 1. The molecule has 35 heavy (non-hydrogen) atoms. The lowest BCUT2D eigenvalue weighted by atomic mass is 10.1. The van der Waals surface area contributed by atoms with Crippen LogP contribution in [0.25, 0.3) is 0 Å². The van der Waals surface area contributed by atoms with Crippen molar-refractivity contribution in [1.29, 1.82) is 0 Å². The zero-order chi connectivity index (χ0) is 24.9. The van der Waals surface area contributed by atoms with E-state index in [1.165, 1.54) is 6.07 Å². The summed E-state index contributed by atoms with van der Waals surface area (Å²) in [6.07, 6.45) is 2.26. The first-order valence-corrected chi connectivity index (χ1v) is 11.4. The van der Waals surface area contributed by atoms with Crippen molar-refractivity contribution in [2.24, 2.45) is 0 Å². The minimum Gasteiger partial charge on any atom is -0.355 e. The second-order valence-electron chi connectivity index (χ2n) is 8.49. The number of nitrogens with one attached hydrogen (secondary N) is 2. The first kappa shape index (κ1) is 24.1. The first-order valence-electron chi connectivity index (χ1n) is 11.4. The Morgan fingerprint density at radius 3 is 2.51 bits per heavy atom. The molecule has 182 valence electrons. The normalized spacial score (nSPS) is 13.8. The molecule has 1 fully saturated rings. The van der Waals surface area contributed by atoms with Crippen LogP contribution in [0.3, 0.4) is 0 Å². The highest BCUT2D eigenvalue weighted by Crippen LogP contribution is 2.20. The Hall–Kier alpha value is -4.01. The summed E-state index contributed by atoms with van der Waals surface area (Å²) >= 11 is 0. The number of hydrogen-bond donors (Lipinski definition) is 2. The Kier molecular flexibility index (Phi) is 7.24. The van der Waals surface area contributed by atoms with Gasteiger partial charge in [-0.15, -0.1) is 0 Å². The maximum Gasteiger partial charge on any atom is 0.323 e. The van der Waals surface area contributed by atoms with Gasteiger partial charge in [-0.2, -0.15) is 0 Å². The molecule has 1 aliphatic rings. The van der Waals surface area contributed by atoms with Crippen LogP contribution in [0, 0.1) is 25.5 Å². The fourth-order valence-corrected chi connectivity index (χ4v) is 4.00. The van der Waals surface area contributed by atoms with Gasteiger partial charge in [0, 0.05) is 37.9 Å². The molecule has 7 nitrogen and oxygen atoms in total. The average molecular weight is 480 g/mol. The molecule has 0 saturated carbocycles. The van der Waals surface area contributed by atoms with Gasteiger partial charge in [0.2, 0.25) is 0 Å². The Morgan fingerprint density at radius 2 is 1.77 bits per heavy atom. The third kappa shape index (κ3) is 5.74. The van der Waals surface area contributed by atoms with Crippen molar-refractivity contribution in [3.05, 3.63) is 83.1 Å². The molecule has 0 atom stereocenters. The molecule has 2 N–H and O–H groups in total. The van der Waals surface area contributed by atoms with E-state index in [4.69, 9.17) is 0 Å². The van der Waals surface area contributed by atoms with Crippen LogP contribution in [0.5, 0.6) is 0 Å². The van der Waals surface area contributed by atoms with Gasteiger partial charge in [-0.25, -0.2) is 18.6 Å². The predicted octanol–water partition coefficient (Wildman–Crippen LogP) is 4.97. The van der Waals surface area contributed by atoms with Gasteiger partial charge < -0.3 is 20.4 Å². The molecule has 0 spiro atoms. The number of hydrogen-bond acceptors (Lipinski definition) is 4. The van der Waals surface area contributed by atoms with E-state index in [0.29, 0.717) is 44.1 Å². The van der Waals surface area contributed by atoms with Crippen molar-refractivity contribution in [3.8, 4) is 0 Å². The van der Waals surface area contributed by atoms with Crippen molar-refractivity contribution in [2.45, 2.75) is 20.3 Å². The minimum atomic E-state index is -0.859. The van der Waals surface area contributed by atoms with Gasteiger partial charge in [0.1, 0.15) is 17.5 Å². The molecule has 1 saturated heterocycles. The molecule has 3 aromatic rings. The zero-order valence-electron chi connectivity index (χ0n) is 19.6. The Morgan fingerprint density at radius 1 is 0.943 bits per heavy atom. The highest BCUT2D eigenvalue weighted by molar-refractivity contribution is 6.00. The van der Waals surface area contributed by atoms with Gasteiger partial charge in [0.15, 0.2) is 0 Å². The molecule has 2 heterocycles. The van der Waals surface area contributed by atoms with E-state index in [2.05, 4.69) is 15.6 Å². The molecule has 0 unspecified atom stereocenters. The molecule has 4 rings (SSSR count). The van der Waals surface area contributed by atoms with Crippen molar-refractivity contribution in [2.75, 3.05) is 41.7 Å². The number of carbonyl (C=O) groups is 2. The number of aryl methyl sites for hydroxylation is 1. The second-order valence-corrected chi connectivity index (χ2v) is 8.49. The van der Waals surface area contributed by atoms with Crippen LogP contribution in [-0.4, -0.2) is 48.0 Å². The van der Waals surface area contributed by atoms with Crippen LogP contribution in [0.4, 0.5) is 30.8 Å².